The Labute approximate surface area is 144 Å². The molecule has 0 bridgehead atoms. The molecular weight excluding hydrogens is 344 g/mol. The van der Waals surface area contributed by atoms with Crippen LogP contribution in [0.3, 0.4) is 0 Å². The second-order valence-corrected chi connectivity index (χ2v) is 7.62. The Kier molecular flexibility index (Phi) is 4.77. The monoisotopic (exact) mass is 360 g/mol. The summed E-state index contributed by atoms with van der Waals surface area (Å²) in [6, 6.07) is 10.3. The molecule has 3 heterocycles. The summed E-state index contributed by atoms with van der Waals surface area (Å²) in [7, 11) is -1.78. The van der Waals surface area contributed by atoms with Gasteiger partial charge in [0.25, 0.3) is 10.0 Å². The zero-order valence-corrected chi connectivity index (χ0v) is 14.6. The average Bonchev–Trinajstić information content (AvgIpc) is 3.08. The third-order valence-corrected chi connectivity index (χ3v) is 5.40. The summed E-state index contributed by atoms with van der Waals surface area (Å²) in [6.45, 7) is 0.717. The maximum atomic E-state index is 12.3. The lowest BCUT2D eigenvalue weighted by atomic mass is 10.3. The van der Waals surface area contributed by atoms with Gasteiger partial charge in [0, 0.05) is 26.0 Å². The van der Waals surface area contributed by atoms with E-state index in [-0.39, 0.29) is 10.7 Å². The molecule has 0 aliphatic heterocycles. The van der Waals surface area contributed by atoms with Gasteiger partial charge in [0.05, 0.1) is 0 Å². The van der Waals surface area contributed by atoms with Gasteiger partial charge < -0.3 is 4.90 Å². The first-order valence-corrected chi connectivity index (χ1v) is 9.59. The lowest BCUT2D eigenvalue weighted by Gasteiger charge is -2.17. The van der Waals surface area contributed by atoms with Gasteiger partial charge in [-0.2, -0.15) is 11.3 Å². The normalized spacial score (nSPS) is 11.2. The van der Waals surface area contributed by atoms with Gasteiger partial charge in [0.1, 0.15) is 16.5 Å². The molecule has 0 spiro atoms. The van der Waals surface area contributed by atoms with Crippen LogP contribution in [0.4, 0.5) is 11.6 Å². The lowest BCUT2D eigenvalue weighted by Crippen LogP contribution is -2.18. The number of rotatable bonds is 6. The van der Waals surface area contributed by atoms with E-state index in [1.807, 2.05) is 17.3 Å². The zero-order chi connectivity index (χ0) is 17.0. The lowest BCUT2D eigenvalue weighted by molar-refractivity contribution is 0.600. The largest absolute Gasteiger partial charge is 0.355 e. The number of aromatic nitrogens is 2. The van der Waals surface area contributed by atoms with Crippen LogP contribution in [0.1, 0.15) is 5.56 Å². The van der Waals surface area contributed by atoms with Crippen molar-refractivity contribution in [3.05, 3.63) is 65.1 Å². The summed E-state index contributed by atoms with van der Waals surface area (Å²) in [5.41, 5.74) is 1.19. The van der Waals surface area contributed by atoms with Gasteiger partial charge in [-0.3, -0.25) is 4.72 Å². The Balaban J connectivity index is 1.73. The van der Waals surface area contributed by atoms with Crippen LogP contribution in [0.5, 0.6) is 0 Å². The second-order valence-electron chi connectivity index (χ2n) is 5.16. The number of pyridine rings is 2. The van der Waals surface area contributed by atoms with Crippen LogP contribution in [0, 0.1) is 0 Å². The van der Waals surface area contributed by atoms with Crippen LogP contribution in [0.2, 0.25) is 0 Å². The van der Waals surface area contributed by atoms with Crippen molar-refractivity contribution in [2.45, 2.75) is 11.4 Å². The molecule has 0 aromatic carbocycles. The fourth-order valence-corrected chi connectivity index (χ4v) is 3.73. The zero-order valence-electron chi connectivity index (χ0n) is 13.0. The van der Waals surface area contributed by atoms with Gasteiger partial charge in [0.15, 0.2) is 0 Å². The predicted molar refractivity (Wildman–Crippen MR) is 95.7 cm³/mol. The van der Waals surface area contributed by atoms with Gasteiger partial charge in [0.2, 0.25) is 0 Å². The predicted octanol–water partition coefficient (Wildman–Crippen LogP) is 2.98. The molecule has 0 radical (unpaired) electrons. The molecule has 0 amide bonds. The van der Waals surface area contributed by atoms with Crippen molar-refractivity contribution >= 4 is 33.0 Å². The van der Waals surface area contributed by atoms with Crippen LogP contribution < -0.4 is 9.62 Å². The van der Waals surface area contributed by atoms with Crippen molar-refractivity contribution in [2.75, 3.05) is 16.7 Å². The number of hydrogen-bond donors (Lipinski definition) is 1. The number of hydrogen-bond acceptors (Lipinski definition) is 6. The summed E-state index contributed by atoms with van der Waals surface area (Å²) in [6.07, 6.45) is 2.88. The summed E-state index contributed by atoms with van der Waals surface area (Å²) < 4.78 is 27.1. The minimum atomic E-state index is -3.70. The molecule has 124 valence electrons. The van der Waals surface area contributed by atoms with Crippen LogP contribution in [0.15, 0.2) is 64.4 Å². The second kappa shape index (κ2) is 6.98. The van der Waals surface area contributed by atoms with E-state index in [2.05, 4.69) is 26.1 Å². The van der Waals surface area contributed by atoms with E-state index in [0.717, 1.165) is 6.54 Å². The Morgan fingerprint density at radius 2 is 2.04 bits per heavy atom. The summed E-state index contributed by atoms with van der Waals surface area (Å²) in [5, 5.41) is 4.10. The molecule has 0 saturated heterocycles. The third kappa shape index (κ3) is 3.90. The van der Waals surface area contributed by atoms with Gasteiger partial charge in [-0.1, -0.05) is 6.07 Å². The molecule has 3 aromatic rings. The van der Waals surface area contributed by atoms with E-state index < -0.39 is 10.0 Å². The van der Waals surface area contributed by atoms with Crippen LogP contribution in [0.25, 0.3) is 0 Å². The van der Waals surface area contributed by atoms with Crippen molar-refractivity contribution in [3.8, 4) is 0 Å². The van der Waals surface area contributed by atoms with Gasteiger partial charge in [-0.25, -0.2) is 18.4 Å². The molecule has 3 aromatic heterocycles. The quantitative estimate of drug-likeness (QED) is 0.731. The van der Waals surface area contributed by atoms with Crippen molar-refractivity contribution < 1.29 is 8.42 Å². The van der Waals surface area contributed by atoms with E-state index in [9.17, 15) is 8.42 Å². The Bertz CT molecular complexity index is 880. The summed E-state index contributed by atoms with van der Waals surface area (Å²) >= 11 is 1.64. The Morgan fingerprint density at radius 1 is 1.17 bits per heavy atom. The molecule has 0 fully saturated rings. The topological polar surface area (TPSA) is 75.2 Å². The maximum absolute atomic E-state index is 12.3. The highest BCUT2D eigenvalue weighted by Crippen LogP contribution is 2.18. The molecule has 0 unspecified atom stereocenters. The van der Waals surface area contributed by atoms with Crippen molar-refractivity contribution in [1.29, 1.82) is 0 Å². The first-order valence-electron chi connectivity index (χ1n) is 7.17. The van der Waals surface area contributed by atoms with Crippen molar-refractivity contribution in [1.82, 2.24) is 9.97 Å². The fraction of sp³-hybridized carbons (Fsp3) is 0.125. The van der Waals surface area contributed by atoms with E-state index in [1.165, 1.54) is 24.0 Å². The standard InChI is InChI=1S/C16H16N4O2S2/c1-20(11-13-7-9-23-12-13)16-6-5-14(10-18-16)24(21,22)19-15-4-2-3-8-17-15/h2-10,12H,11H2,1H3,(H,17,19). The highest BCUT2D eigenvalue weighted by Gasteiger charge is 2.16. The molecule has 3 rings (SSSR count). The Morgan fingerprint density at radius 3 is 2.67 bits per heavy atom. The van der Waals surface area contributed by atoms with Gasteiger partial charge in [-0.15, -0.1) is 0 Å². The fourth-order valence-electron chi connectivity index (χ4n) is 2.11. The molecule has 0 atom stereocenters. The summed E-state index contributed by atoms with van der Waals surface area (Å²) in [5.74, 6) is 0.981. The summed E-state index contributed by atoms with van der Waals surface area (Å²) in [4.78, 5) is 10.3. The number of sulfonamides is 1. The molecule has 8 heteroatoms. The first kappa shape index (κ1) is 16.4. The van der Waals surface area contributed by atoms with E-state index in [1.54, 1.807) is 35.6 Å². The van der Waals surface area contributed by atoms with Gasteiger partial charge in [-0.05, 0) is 46.7 Å². The van der Waals surface area contributed by atoms with Crippen LogP contribution in [-0.4, -0.2) is 25.4 Å². The number of nitrogens with zero attached hydrogens (tertiary/aromatic N) is 3. The molecule has 24 heavy (non-hydrogen) atoms. The van der Waals surface area contributed by atoms with E-state index >= 15 is 0 Å². The minimum Gasteiger partial charge on any atom is -0.355 e. The van der Waals surface area contributed by atoms with Crippen LogP contribution >= 0.6 is 11.3 Å². The number of nitrogens with one attached hydrogen (secondary N) is 1. The molecular formula is C16H16N4O2S2. The SMILES string of the molecule is CN(Cc1ccsc1)c1ccc(S(=O)(=O)Nc2ccccn2)cn1. The van der Waals surface area contributed by atoms with Crippen molar-refractivity contribution in [2.24, 2.45) is 0 Å². The van der Waals surface area contributed by atoms with Crippen molar-refractivity contribution in [3.63, 3.8) is 0 Å². The van der Waals surface area contributed by atoms with E-state index in [0.29, 0.717) is 5.82 Å². The molecule has 0 saturated carbocycles. The van der Waals surface area contributed by atoms with Crippen LogP contribution in [-0.2, 0) is 16.6 Å². The number of anilines is 2. The molecule has 1 N–H and O–H groups in total. The number of thiophene rings is 1. The first-order chi connectivity index (χ1) is 11.5. The molecule has 0 aliphatic rings. The maximum Gasteiger partial charge on any atom is 0.264 e. The highest BCUT2D eigenvalue weighted by molar-refractivity contribution is 7.92. The third-order valence-electron chi connectivity index (χ3n) is 3.33. The smallest absolute Gasteiger partial charge is 0.264 e. The molecule has 0 aliphatic carbocycles. The minimum absolute atomic E-state index is 0.0980. The highest BCUT2D eigenvalue weighted by atomic mass is 32.2. The Hall–Kier alpha value is -2.45. The average molecular weight is 360 g/mol. The molecule has 6 nitrogen and oxygen atoms in total. The van der Waals surface area contributed by atoms with Gasteiger partial charge >= 0.3 is 0 Å². The van der Waals surface area contributed by atoms with E-state index in [4.69, 9.17) is 0 Å².